The molecule has 130 valence electrons. The Morgan fingerprint density at radius 1 is 0.727 bits per heavy atom. The second-order valence-corrected chi connectivity index (χ2v) is 6.17. The van der Waals surface area contributed by atoms with Crippen LogP contribution in [0, 0.1) is 0 Å². The number of hydrogen-bond donors (Lipinski definition) is 2. The van der Waals surface area contributed by atoms with E-state index in [2.05, 4.69) is 25.2 Å². The van der Waals surface area contributed by atoms with Gasteiger partial charge in [-0.1, -0.05) is 63.3 Å². The molecule has 0 rings (SSSR count). The molecule has 22 heavy (non-hydrogen) atoms. The minimum atomic E-state index is -0.232. The van der Waals surface area contributed by atoms with Gasteiger partial charge < -0.3 is 10.2 Å². The smallest absolute Gasteiger partial charge is 0.0720 e. The molecule has 0 aliphatic rings. The standard InChI is InChI=1S/C20H38O2/c1-2-3-17-20(22)18-15-13-11-9-7-5-4-6-8-10-12-14-16-19-21/h8,10,15,18,20-22H,2-7,9,11-14,16-17,19H2,1H3/b10-8-,18-15-/t20-/m1/s1. The number of aliphatic hydroxyl groups excluding tert-OH is 2. The zero-order valence-corrected chi connectivity index (χ0v) is 14.7. The molecule has 2 nitrogen and oxygen atoms in total. The Hall–Kier alpha value is -0.600. The molecule has 0 aromatic heterocycles. The highest BCUT2D eigenvalue weighted by Crippen LogP contribution is 2.09. The number of rotatable bonds is 16. The Balaban J connectivity index is 3.21. The van der Waals surface area contributed by atoms with E-state index in [4.69, 9.17) is 5.11 Å². The van der Waals surface area contributed by atoms with Crippen molar-refractivity contribution in [2.45, 2.75) is 96.5 Å². The first-order valence-corrected chi connectivity index (χ1v) is 9.41. The van der Waals surface area contributed by atoms with Gasteiger partial charge in [0.05, 0.1) is 6.10 Å². The maximum absolute atomic E-state index is 9.67. The second-order valence-electron chi connectivity index (χ2n) is 6.17. The van der Waals surface area contributed by atoms with Crippen LogP contribution in [0.4, 0.5) is 0 Å². The van der Waals surface area contributed by atoms with Crippen LogP contribution in [0.3, 0.4) is 0 Å². The highest BCUT2D eigenvalue weighted by Gasteiger charge is 1.96. The third kappa shape index (κ3) is 17.5. The van der Waals surface area contributed by atoms with Gasteiger partial charge in [0, 0.05) is 6.61 Å². The van der Waals surface area contributed by atoms with Crippen molar-refractivity contribution in [1.82, 2.24) is 0 Å². The fourth-order valence-corrected chi connectivity index (χ4v) is 2.43. The van der Waals surface area contributed by atoms with Gasteiger partial charge in [-0.3, -0.25) is 0 Å². The molecule has 0 radical (unpaired) electrons. The van der Waals surface area contributed by atoms with Gasteiger partial charge in [-0.2, -0.15) is 0 Å². The summed E-state index contributed by atoms with van der Waals surface area (Å²) in [4.78, 5) is 0. The van der Waals surface area contributed by atoms with E-state index in [9.17, 15) is 5.11 Å². The molecule has 0 unspecified atom stereocenters. The molecule has 2 N–H and O–H groups in total. The van der Waals surface area contributed by atoms with E-state index in [1.807, 2.05) is 6.08 Å². The molecule has 0 aromatic rings. The van der Waals surface area contributed by atoms with Gasteiger partial charge >= 0.3 is 0 Å². The van der Waals surface area contributed by atoms with E-state index in [-0.39, 0.29) is 6.10 Å². The molecule has 0 heterocycles. The summed E-state index contributed by atoms with van der Waals surface area (Å²) in [5, 5.41) is 18.3. The van der Waals surface area contributed by atoms with Gasteiger partial charge in [-0.05, 0) is 51.4 Å². The van der Waals surface area contributed by atoms with Gasteiger partial charge in [0.15, 0.2) is 0 Å². The number of unbranched alkanes of at least 4 members (excludes halogenated alkanes) is 9. The first-order chi connectivity index (χ1) is 10.8. The van der Waals surface area contributed by atoms with Crippen LogP contribution < -0.4 is 0 Å². The van der Waals surface area contributed by atoms with E-state index in [1.54, 1.807) is 0 Å². The monoisotopic (exact) mass is 310 g/mol. The third-order valence-electron chi connectivity index (χ3n) is 3.90. The van der Waals surface area contributed by atoms with Gasteiger partial charge in [0.2, 0.25) is 0 Å². The Labute approximate surface area is 138 Å². The maximum Gasteiger partial charge on any atom is 0.0720 e. The van der Waals surface area contributed by atoms with Crippen molar-refractivity contribution < 1.29 is 10.2 Å². The molecule has 0 aromatic carbocycles. The molecular weight excluding hydrogens is 272 g/mol. The van der Waals surface area contributed by atoms with Crippen LogP contribution in [-0.4, -0.2) is 22.9 Å². The fraction of sp³-hybridized carbons (Fsp3) is 0.800. The maximum atomic E-state index is 9.67. The van der Waals surface area contributed by atoms with Gasteiger partial charge in [0.1, 0.15) is 0 Å². The fourth-order valence-electron chi connectivity index (χ4n) is 2.43. The first kappa shape index (κ1) is 21.4. The van der Waals surface area contributed by atoms with Crippen LogP contribution >= 0.6 is 0 Å². The van der Waals surface area contributed by atoms with Gasteiger partial charge in [-0.15, -0.1) is 0 Å². The quantitative estimate of drug-likeness (QED) is 0.290. The Bertz CT molecular complexity index is 258. The summed E-state index contributed by atoms with van der Waals surface area (Å²) in [6, 6.07) is 0. The van der Waals surface area contributed by atoms with E-state index in [1.165, 1.54) is 38.5 Å². The van der Waals surface area contributed by atoms with E-state index in [0.29, 0.717) is 6.61 Å². The zero-order chi connectivity index (χ0) is 16.3. The Kier molecular flexibility index (Phi) is 17.9. The lowest BCUT2D eigenvalue weighted by Crippen LogP contribution is -2.00. The van der Waals surface area contributed by atoms with E-state index >= 15 is 0 Å². The van der Waals surface area contributed by atoms with Crippen LogP contribution in [0.5, 0.6) is 0 Å². The van der Waals surface area contributed by atoms with Gasteiger partial charge in [-0.25, -0.2) is 0 Å². The molecule has 0 aliphatic carbocycles. The van der Waals surface area contributed by atoms with Gasteiger partial charge in [0.25, 0.3) is 0 Å². The predicted octanol–water partition coefficient (Wildman–Crippen LogP) is 5.54. The molecule has 0 amide bonds. The molecule has 2 heteroatoms. The van der Waals surface area contributed by atoms with Crippen molar-refractivity contribution in [3.8, 4) is 0 Å². The molecule has 0 fully saturated rings. The van der Waals surface area contributed by atoms with Crippen molar-refractivity contribution in [3.05, 3.63) is 24.3 Å². The summed E-state index contributed by atoms with van der Waals surface area (Å²) < 4.78 is 0. The average Bonchev–Trinajstić information content (AvgIpc) is 2.53. The molecular formula is C20H38O2. The summed E-state index contributed by atoms with van der Waals surface area (Å²) in [7, 11) is 0. The minimum absolute atomic E-state index is 0.232. The Morgan fingerprint density at radius 2 is 1.27 bits per heavy atom. The Morgan fingerprint density at radius 3 is 1.86 bits per heavy atom. The van der Waals surface area contributed by atoms with Crippen molar-refractivity contribution >= 4 is 0 Å². The summed E-state index contributed by atoms with van der Waals surface area (Å²) in [5.41, 5.74) is 0. The van der Waals surface area contributed by atoms with E-state index in [0.717, 1.165) is 44.9 Å². The molecule has 0 saturated carbocycles. The largest absolute Gasteiger partial charge is 0.396 e. The van der Waals surface area contributed by atoms with Crippen molar-refractivity contribution in [2.24, 2.45) is 0 Å². The van der Waals surface area contributed by atoms with Crippen molar-refractivity contribution in [3.63, 3.8) is 0 Å². The highest BCUT2D eigenvalue weighted by molar-refractivity contribution is 4.88. The third-order valence-corrected chi connectivity index (χ3v) is 3.90. The number of aliphatic hydroxyl groups is 2. The van der Waals surface area contributed by atoms with Crippen LogP contribution in [0.25, 0.3) is 0 Å². The van der Waals surface area contributed by atoms with Crippen LogP contribution in [0.1, 0.15) is 90.4 Å². The lowest BCUT2D eigenvalue weighted by molar-refractivity contribution is 0.209. The lowest BCUT2D eigenvalue weighted by Gasteiger charge is -2.03. The molecule has 0 spiro atoms. The molecule has 0 saturated heterocycles. The molecule has 0 bridgehead atoms. The first-order valence-electron chi connectivity index (χ1n) is 9.41. The van der Waals surface area contributed by atoms with E-state index < -0.39 is 0 Å². The van der Waals surface area contributed by atoms with Crippen LogP contribution in [0.15, 0.2) is 24.3 Å². The molecule has 1 atom stereocenters. The van der Waals surface area contributed by atoms with Crippen molar-refractivity contribution in [2.75, 3.05) is 6.61 Å². The minimum Gasteiger partial charge on any atom is -0.396 e. The van der Waals surface area contributed by atoms with Crippen LogP contribution in [-0.2, 0) is 0 Å². The van der Waals surface area contributed by atoms with Crippen molar-refractivity contribution in [1.29, 1.82) is 0 Å². The summed E-state index contributed by atoms with van der Waals surface area (Å²) in [5.74, 6) is 0. The average molecular weight is 311 g/mol. The summed E-state index contributed by atoms with van der Waals surface area (Å²) >= 11 is 0. The molecule has 0 aliphatic heterocycles. The van der Waals surface area contributed by atoms with Crippen LogP contribution in [0.2, 0.25) is 0 Å². The second kappa shape index (κ2) is 18.4. The highest BCUT2D eigenvalue weighted by atomic mass is 16.3. The summed E-state index contributed by atoms with van der Waals surface area (Å²) in [6.45, 7) is 2.48. The number of hydrogen-bond acceptors (Lipinski definition) is 2. The normalized spacial score (nSPS) is 13.4. The SMILES string of the molecule is CCCC[C@@H](O)/C=C\CCCCCCC/C=C\CCCCO. The lowest BCUT2D eigenvalue weighted by atomic mass is 10.1. The summed E-state index contributed by atoms with van der Waals surface area (Å²) in [6.07, 6.45) is 23.5. The topological polar surface area (TPSA) is 40.5 Å². The number of allylic oxidation sites excluding steroid dienone is 3. The zero-order valence-electron chi connectivity index (χ0n) is 14.7. The predicted molar refractivity (Wildman–Crippen MR) is 97.1 cm³/mol.